The molecule has 20 heavy (non-hydrogen) atoms. The van der Waals surface area contributed by atoms with Gasteiger partial charge in [-0.2, -0.15) is 0 Å². The van der Waals surface area contributed by atoms with Crippen LogP contribution in [0.1, 0.15) is 40.0 Å². The third-order valence-electron chi connectivity index (χ3n) is 5.52. The standard InChI is InChI=1S/C15H22ClN3O/c1-14(2)9-5-6-15(3,7-9)13(14)19-12-10(20-4)11(16)17-8-18-12/h8-9,13H,5-7H2,1-4H3,(H,17,18,19). The minimum absolute atomic E-state index is 0.259. The zero-order chi connectivity index (χ0) is 14.5. The highest BCUT2D eigenvalue weighted by atomic mass is 35.5. The highest BCUT2D eigenvalue weighted by molar-refractivity contribution is 6.31. The molecule has 2 aliphatic rings. The normalized spacial score (nSPS) is 34.2. The van der Waals surface area contributed by atoms with Crippen LogP contribution in [0.5, 0.6) is 5.75 Å². The lowest BCUT2D eigenvalue weighted by Gasteiger charge is -2.43. The largest absolute Gasteiger partial charge is 0.490 e. The number of methoxy groups -OCH3 is 1. The molecular formula is C15H22ClN3O. The van der Waals surface area contributed by atoms with Crippen molar-refractivity contribution >= 4 is 17.4 Å². The number of ether oxygens (including phenoxy) is 1. The first-order valence-electron chi connectivity index (χ1n) is 7.19. The lowest BCUT2D eigenvalue weighted by molar-refractivity contribution is 0.155. The highest BCUT2D eigenvalue weighted by Crippen LogP contribution is 2.63. The molecule has 2 bridgehead atoms. The molecule has 0 aliphatic heterocycles. The maximum absolute atomic E-state index is 6.08. The number of aromatic nitrogens is 2. The van der Waals surface area contributed by atoms with E-state index in [2.05, 4.69) is 36.1 Å². The third kappa shape index (κ3) is 1.88. The molecule has 0 aromatic carbocycles. The summed E-state index contributed by atoms with van der Waals surface area (Å²) in [6, 6.07) is 0.383. The van der Waals surface area contributed by atoms with Crippen molar-refractivity contribution in [1.82, 2.24) is 9.97 Å². The molecule has 0 saturated heterocycles. The first-order valence-corrected chi connectivity index (χ1v) is 7.57. The Bertz CT molecular complexity index is 529. The van der Waals surface area contributed by atoms with E-state index in [9.17, 15) is 0 Å². The summed E-state index contributed by atoms with van der Waals surface area (Å²) in [6.07, 6.45) is 5.39. The van der Waals surface area contributed by atoms with Gasteiger partial charge in [0.25, 0.3) is 0 Å². The average Bonchev–Trinajstić information content (AvgIpc) is 2.86. The minimum atomic E-state index is 0.259. The van der Waals surface area contributed by atoms with E-state index in [1.807, 2.05) is 0 Å². The Hall–Kier alpha value is -1.03. The molecular weight excluding hydrogens is 274 g/mol. The van der Waals surface area contributed by atoms with E-state index in [4.69, 9.17) is 16.3 Å². The van der Waals surface area contributed by atoms with Gasteiger partial charge in [-0.05, 0) is 36.0 Å². The molecule has 5 heteroatoms. The number of nitrogens with one attached hydrogen (secondary N) is 1. The minimum Gasteiger partial charge on any atom is -0.490 e. The molecule has 0 spiro atoms. The summed E-state index contributed by atoms with van der Waals surface area (Å²) in [4.78, 5) is 8.30. The Morgan fingerprint density at radius 3 is 2.70 bits per heavy atom. The van der Waals surface area contributed by atoms with Gasteiger partial charge in [0.05, 0.1) is 7.11 Å². The Morgan fingerprint density at radius 1 is 1.35 bits per heavy atom. The Kier molecular flexibility index (Phi) is 3.12. The van der Waals surface area contributed by atoms with E-state index in [0.29, 0.717) is 28.2 Å². The second-order valence-electron chi connectivity index (χ2n) is 7.04. The summed E-state index contributed by atoms with van der Waals surface area (Å²) in [5, 5.41) is 3.96. The van der Waals surface area contributed by atoms with E-state index in [1.165, 1.54) is 25.6 Å². The van der Waals surface area contributed by atoms with E-state index in [1.54, 1.807) is 7.11 Å². The quantitative estimate of drug-likeness (QED) is 0.863. The predicted octanol–water partition coefficient (Wildman–Crippen LogP) is 3.77. The molecule has 1 N–H and O–H groups in total. The molecule has 1 aromatic rings. The second kappa shape index (κ2) is 4.48. The molecule has 3 atom stereocenters. The lowest BCUT2D eigenvalue weighted by Crippen LogP contribution is -2.46. The van der Waals surface area contributed by atoms with Crippen LogP contribution in [0, 0.1) is 16.7 Å². The van der Waals surface area contributed by atoms with Crippen molar-refractivity contribution in [3.05, 3.63) is 11.5 Å². The number of anilines is 1. The van der Waals surface area contributed by atoms with E-state index in [0.717, 1.165) is 5.92 Å². The van der Waals surface area contributed by atoms with Gasteiger partial charge in [-0.3, -0.25) is 0 Å². The first-order chi connectivity index (χ1) is 9.38. The van der Waals surface area contributed by atoms with Crippen molar-refractivity contribution in [3.8, 4) is 5.75 Å². The molecule has 0 radical (unpaired) electrons. The summed E-state index contributed by atoms with van der Waals surface area (Å²) in [5.74, 6) is 2.03. The van der Waals surface area contributed by atoms with Gasteiger partial charge in [0.1, 0.15) is 6.33 Å². The molecule has 1 heterocycles. The summed E-state index contributed by atoms with van der Waals surface area (Å²) in [7, 11) is 1.60. The van der Waals surface area contributed by atoms with Crippen LogP contribution < -0.4 is 10.1 Å². The Morgan fingerprint density at radius 2 is 2.10 bits per heavy atom. The molecule has 4 nitrogen and oxygen atoms in total. The van der Waals surface area contributed by atoms with Crippen LogP contribution in [0.2, 0.25) is 5.15 Å². The van der Waals surface area contributed by atoms with Gasteiger partial charge in [-0.1, -0.05) is 32.4 Å². The highest BCUT2D eigenvalue weighted by Gasteiger charge is 2.59. The number of fused-ring (bicyclic) bond motifs is 2. The zero-order valence-corrected chi connectivity index (χ0v) is 13.3. The number of nitrogens with zero attached hydrogens (tertiary/aromatic N) is 2. The fourth-order valence-electron chi connectivity index (χ4n) is 4.43. The number of hydrogen-bond donors (Lipinski definition) is 1. The van der Waals surface area contributed by atoms with Gasteiger partial charge in [0.2, 0.25) is 0 Å². The smallest absolute Gasteiger partial charge is 0.198 e. The Balaban J connectivity index is 1.94. The molecule has 3 unspecified atom stereocenters. The molecule has 2 aliphatic carbocycles. The fraction of sp³-hybridized carbons (Fsp3) is 0.733. The van der Waals surface area contributed by atoms with Gasteiger partial charge in [-0.25, -0.2) is 9.97 Å². The molecule has 2 fully saturated rings. The summed E-state index contributed by atoms with van der Waals surface area (Å²) in [6.45, 7) is 7.10. The maximum Gasteiger partial charge on any atom is 0.198 e. The Labute approximate surface area is 125 Å². The van der Waals surface area contributed by atoms with E-state index in [-0.39, 0.29) is 5.41 Å². The third-order valence-corrected chi connectivity index (χ3v) is 5.78. The number of rotatable bonds is 3. The summed E-state index contributed by atoms with van der Waals surface area (Å²) >= 11 is 6.08. The monoisotopic (exact) mass is 295 g/mol. The van der Waals surface area contributed by atoms with Gasteiger partial charge in [-0.15, -0.1) is 0 Å². The topological polar surface area (TPSA) is 47.0 Å². The average molecular weight is 296 g/mol. The molecule has 110 valence electrons. The molecule has 3 rings (SSSR count). The van der Waals surface area contributed by atoms with Gasteiger partial charge < -0.3 is 10.1 Å². The van der Waals surface area contributed by atoms with Gasteiger partial charge in [0.15, 0.2) is 16.7 Å². The van der Waals surface area contributed by atoms with Crippen molar-refractivity contribution in [1.29, 1.82) is 0 Å². The van der Waals surface area contributed by atoms with Crippen LogP contribution in [0.25, 0.3) is 0 Å². The molecule has 1 aromatic heterocycles. The predicted molar refractivity (Wildman–Crippen MR) is 80.2 cm³/mol. The summed E-state index contributed by atoms with van der Waals surface area (Å²) in [5.41, 5.74) is 0.589. The SMILES string of the molecule is COc1c(Cl)ncnc1NC1C2(C)CCC(C2)C1(C)C. The van der Waals surface area contributed by atoms with Gasteiger partial charge >= 0.3 is 0 Å². The van der Waals surface area contributed by atoms with Crippen molar-refractivity contribution in [2.24, 2.45) is 16.7 Å². The van der Waals surface area contributed by atoms with Crippen LogP contribution in [-0.2, 0) is 0 Å². The van der Waals surface area contributed by atoms with Crippen molar-refractivity contribution < 1.29 is 4.74 Å². The van der Waals surface area contributed by atoms with Crippen molar-refractivity contribution in [3.63, 3.8) is 0 Å². The van der Waals surface area contributed by atoms with Crippen LogP contribution in [0.15, 0.2) is 6.33 Å². The van der Waals surface area contributed by atoms with Crippen LogP contribution in [0.3, 0.4) is 0 Å². The number of hydrogen-bond acceptors (Lipinski definition) is 4. The van der Waals surface area contributed by atoms with Gasteiger partial charge in [0, 0.05) is 6.04 Å². The van der Waals surface area contributed by atoms with Crippen molar-refractivity contribution in [2.75, 3.05) is 12.4 Å². The van der Waals surface area contributed by atoms with Crippen molar-refractivity contribution in [2.45, 2.75) is 46.1 Å². The van der Waals surface area contributed by atoms with Crippen LogP contribution in [-0.4, -0.2) is 23.1 Å². The summed E-state index contributed by atoms with van der Waals surface area (Å²) < 4.78 is 5.35. The fourth-order valence-corrected chi connectivity index (χ4v) is 4.65. The molecule has 0 amide bonds. The lowest BCUT2D eigenvalue weighted by atomic mass is 9.68. The maximum atomic E-state index is 6.08. The van der Waals surface area contributed by atoms with Crippen LogP contribution >= 0.6 is 11.6 Å². The second-order valence-corrected chi connectivity index (χ2v) is 7.40. The van der Waals surface area contributed by atoms with Crippen LogP contribution in [0.4, 0.5) is 5.82 Å². The molecule has 2 saturated carbocycles. The first kappa shape index (κ1) is 13.9. The van der Waals surface area contributed by atoms with E-state index >= 15 is 0 Å². The van der Waals surface area contributed by atoms with E-state index < -0.39 is 0 Å². The zero-order valence-electron chi connectivity index (χ0n) is 12.5. The number of halogens is 1.